The van der Waals surface area contributed by atoms with Crippen molar-refractivity contribution in [1.82, 2.24) is 14.8 Å². The molecule has 3 heterocycles. The predicted molar refractivity (Wildman–Crippen MR) is 104 cm³/mol. The maximum Gasteiger partial charge on any atom is 0.227 e. The summed E-state index contributed by atoms with van der Waals surface area (Å²) in [5.41, 5.74) is 1.97. The average molecular weight is 379 g/mol. The number of hydrogen-bond donors (Lipinski definition) is 1. The number of hydrogen-bond acceptors (Lipinski definition) is 4. The van der Waals surface area contributed by atoms with Gasteiger partial charge in [-0.15, -0.1) is 0 Å². The van der Waals surface area contributed by atoms with Crippen LogP contribution in [0.25, 0.3) is 0 Å². The van der Waals surface area contributed by atoms with E-state index in [4.69, 9.17) is 0 Å². The van der Waals surface area contributed by atoms with Crippen molar-refractivity contribution >= 4 is 11.8 Å². The molecule has 28 heavy (non-hydrogen) atoms. The number of carbonyl (C=O) groups excluding carboxylic acids is 2. The lowest BCUT2D eigenvalue weighted by atomic mass is 9.89. The van der Waals surface area contributed by atoms with E-state index in [0.29, 0.717) is 32.1 Å². The molecule has 2 aliphatic rings. The molecule has 0 saturated carbocycles. The molecule has 6 nitrogen and oxygen atoms in total. The Kier molecular flexibility index (Phi) is 5.28. The first kappa shape index (κ1) is 18.5. The monoisotopic (exact) mass is 379 g/mol. The predicted octanol–water partition coefficient (Wildman–Crippen LogP) is 2.54. The summed E-state index contributed by atoms with van der Waals surface area (Å²) in [6, 6.07) is 13.0. The van der Waals surface area contributed by atoms with Crippen LogP contribution in [0.4, 0.5) is 0 Å². The van der Waals surface area contributed by atoms with Gasteiger partial charge in [0.1, 0.15) is 5.75 Å². The van der Waals surface area contributed by atoms with Crippen molar-refractivity contribution in [2.24, 2.45) is 5.92 Å². The standard InChI is InChI=1S/C22H25N3O3/c26-20-6-3-4-17(12-20)16-7-10-24(11-8-16)22(28)18-13-21(27)25(14-18)15-19-5-1-2-9-23-19/h1-6,9,12,16,18,26H,7-8,10-11,13-15H2/t18-/m0/s1. The van der Waals surface area contributed by atoms with Crippen LogP contribution in [0.2, 0.25) is 0 Å². The second-order valence-electron chi connectivity index (χ2n) is 7.69. The minimum absolute atomic E-state index is 0.0265. The zero-order chi connectivity index (χ0) is 19.5. The topological polar surface area (TPSA) is 73.7 Å². The number of aromatic hydroxyl groups is 1. The minimum Gasteiger partial charge on any atom is -0.508 e. The molecule has 1 atom stereocenters. The first-order valence-corrected chi connectivity index (χ1v) is 9.85. The van der Waals surface area contributed by atoms with Gasteiger partial charge < -0.3 is 14.9 Å². The number of aromatic nitrogens is 1. The highest BCUT2D eigenvalue weighted by Gasteiger charge is 2.37. The van der Waals surface area contributed by atoms with E-state index in [1.807, 2.05) is 41.3 Å². The molecule has 146 valence electrons. The third-order valence-electron chi connectivity index (χ3n) is 5.79. The highest BCUT2D eigenvalue weighted by atomic mass is 16.3. The summed E-state index contributed by atoms with van der Waals surface area (Å²) in [6.45, 7) is 2.33. The SMILES string of the molecule is O=C1C[C@H](C(=O)N2CCC(c3cccc(O)c3)CC2)CN1Cc1ccccn1. The molecule has 0 radical (unpaired) electrons. The summed E-state index contributed by atoms with van der Waals surface area (Å²) in [6.07, 6.45) is 3.77. The van der Waals surface area contributed by atoms with E-state index in [9.17, 15) is 14.7 Å². The van der Waals surface area contributed by atoms with Gasteiger partial charge in [-0.2, -0.15) is 0 Å². The van der Waals surface area contributed by atoms with Crippen molar-refractivity contribution < 1.29 is 14.7 Å². The average Bonchev–Trinajstić information content (AvgIpc) is 3.08. The van der Waals surface area contributed by atoms with Gasteiger partial charge in [0.05, 0.1) is 18.2 Å². The van der Waals surface area contributed by atoms with E-state index in [2.05, 4.69) is 4.98 Å². The highest BCUT2D eigenvalue weighted by Crippen LogP contribution is 2.31. The molecule has 1 aromatic heterocycles. The molecule has 6 heteroatoms. The van der Waals surface area contributed by atoms with E-state index in [-0.39, 0.29) is 29.9 Å². The van der Waals surface area contributed by atoms with Crippen molar-refractivity contribution in [2.45, 2.75) is 31.7 Å². The molecule has 2 aliphatic heterocycles. The van der Waals surface area contributed by atoms with E-state index >= 15 is 0 Å². The van der Waals surface area contributed by atoms with Crippen molar-refractivity contribution in [3.63, 3.8) is 0 Å². The smallest absolute Gasteiger partial charge is 0.227 e. The molecule has 0 unspecified atom stereocenters. The van der Waals surface area contributed by atoms with Gasteiger partial charge in [-0.1, -0.05) is 18.2 Å². The van der Waals surface area contributed by atoms with E-state index < -0.39 is 0 Å². The zero-order valence-electron chi connectivity index (χ0n) is 15.8. The molecule has 1 aromatic carbocycles. The molecule has 0 spiro atoms. The number of benzene rings is 1. The third-order valence-corrected chi connectivity index (χ3v) is 5.79. The Morgan fingerprint density at radius 1 is 1.14 bits per heavy atom. The van der Waals surface area contributed by atoms with Crippen LogP contribution in [-0.4, -0.2) is 51.3 Å². The normalized spacial score (nSPS) is 20.6. The maximum absolute atomic E-state index is 12.9. The summed E-state index contributed by atoms with van der Waals surface area (Å²) in [4.78, 5) is 33.2. The first-order chi connectivity index (χ1) is 13.6. The number of phenolic OH excluding ortho intramolecular Hbond substituents is 1. The van der Waals surface area contributed by atoms with Crippen LogP contribution in [0.3, 0.4) is 0 Å². The second kappa shape index (κ2) is 8.00. The Labute approximate surface area is 164 Å². The van der Waals surface area contributed by atoms with Crippen LogP contribution < -0.4 is 0 Å². The van der Waals surface area contributed by atoms with Gasteiger partial charge >= 0.3 is 0 Å². The van der Waals surface area contributed by atoms with Crippen LogP contribution in [0, 0.1) is 5.92 Å². The van der Waals surface area contributed by atoms with Crippen LogP contribution in [0.5, 0.6) is 5.75 Å². The van der Waals surface area contributed by atoms with Crippen molar-refractivity contribution in [1.29, 1.82) is 0 Å². The summed E-state index contributed by atoms with van der Waals surface area (Å²) in [5.74, 6) is 0.508. The summed E-state index contributed by atoms with van der Waals surface area (Å²) >= 11 is 0. The number of nitrogens with zero attached hydrogens (tertiary/aromatic N) is 3. The molecule has 4 rings (SSSR count). The third kappa shape index (κ3) is 4.01. The largest absolute Gasteiger partial charge is 0.508 e. The molecular weight excluding hydrogens is 354 g/mol. The second-order valence-corrected chi connectivity index (χ2v) is 7.69. The molecule has 0 bridgehead atoms. The summed E-state index contributed by atoms with van der Waals surface area (Å²) in [5, 5.41) is 9.68. The number of piperidine rings is 1. The van der Waals surface area contributed by atoms with Crippen LogP contribution in [-0.2, 0) is 16.1 Å². The Bertz CT molecular complexity index is 847. The Morgan fingerprint density at radius 3 is 2.68 bits per heavy atom. The fourth-order valence-electron chi connectivity index (χ4n) is 4.25. The molecule has 2 fully saturated rings. The number of rotatable bonds is 4. The van der Waals surface area contributed by atoms with Gasteiger partial charge in [0, 0.05) is 32.3 Å². The lowest BCUT2D eigenvalue weighted by Gasteiger charge is -2.33. The number of amides is 2. The van der Waals surface area contributed by atoms with E-state index in [1.54, 1.807) is 17.2 Å². The Balaban J connectivity index is 1.32. The van der Waals surface area contributed by atoms with Gasteiger partial charge in [-0.3, -0.25) is 14.6 Å². The van der Waals surface area contributed by atoms with Gasteiger partial charge in [0.25, 0.3) is 0 Å². The van der Waals surface area contributed by atoms with Crippen LogP contribution in [0.1, 0.15) is 36.4 Å². The highest BCUT2D eigenvalue weighted by molar-refractivity contribution is 5.89. The van der Waals surface area contributed by atoms with Gasteiger partial charge in [0.2, 0.25) is 11.8 Å². The summed E-state index contributed by atoms with van der Waals surface area (Å²) in [7, 11) is 0. The maximum atomic E-state index is 12.9. The minimum atomic E-state index is -0.256. The lowest BCUT2D eigenvalue weighted by molar-refractivity contribution is -0.136. The Morgan fingerprint density at radius 2 is 1.96 bits per heavy atom. The molecule has 1 N–H and O–H groups in total. The Hall–Kier alpha value is -2.89. The first-order valence-electron chi connectivity index (χ1n) is 9.85. The molecule has 0 aliphatic carbocycles. The van der Waals surface area contributed by atoms with Crippen molar-refractivity contribution in [3.05, 3.63) is 59.9 Å². The molecular formula is C22H25N3O3. The fraction of sp³-hybridized carbons (Fsp3) is 0.409. The molecule has 2 aromatic rings. The number of phenols is 1. The van der Waals surface area contributed by atoms with Gasteiger partial charge in [-0.05, 0) is 48.6 Å². The zero-order valence-corrected chi connectivity index (χ0v) is 15.8. The van der Waals surface area contributed by atoms with Crippen molar-refractivity contribution in [2.75, 3.05) is 19.6 Å². The number of carbonyl (C=O) groups is 2. The molecule has 2 amide bonds. The van der Waals surface area contributed by atoms with Gasteiger partial charge in [-0.25, -0.2) is 0 Å². The van der Waals surface area contributed by atoms with Gasteiger partial charge in [0.15, 0.2) is 0 Å². The molecule has 2 saturated heterocycles. The van der Waals surface area contributed by atoms with Crippen LogP contribution in [0.15, 0.2) is 48.7 Å². The summed E-state index contributed by atoms with van der Waals surface area (Å²) < 4.78 is 0. The van der Waals surface area contributed by atoms with Crippen molar-refractivity contribution in [3.8, 4) is 5.75 Å². The quantitative estimate of drug-likeness (QED) is 0.886. The number of pyridine rings is 1. The van der Waals surface area contributed by atoms with E-state index in [1.165, 1.54) is 0 Å². The lowest BCUT2D eigenvalue weighted by Crippen LogP contribution is -2.42. The van der Waals surface area contributed by atoms with Crippen LogP contribution >= 0.6 is 0 Å². The fourth-order valence-corrected chi connectivity index (χ4v) is 4.25. The number of likely N-dealkylation sites (tertiary alicyclic amines) is 2. The van der Waals surface area contributed by atoms with E-state index in [0.717, 1.165) is 24.1 Å².